The molecule has 3 rings (SSSR count). The molecular weight excluding hydrogens is 202 g/mol. The van der Waals surface area contributed by atoms with Crippen molar-refractivity contribution in [3.05, 3.63) is 48.5 Å². The molecule has 2 aromatic rings. The SMILES string of the molecule is NC1c2ccccc2OCC1n1ccnc1. The molecule has 2 unspecified atom stereocenters. The average Bonchev–Trinajstić information content (AvgIpc) is 2.83. The van der Waals surface area contributed by atoms with Crippen LogP contribution in [0.4, 0.5) is 0 Å². The summed E-state index contributed by atoms with van der Waals surface area (Å²) in [6, 6.07) is 8.00. The van der Waals surface area contributed by atoms with Crippen molar-refractivity contribution in [2.24, 2.45) is 5.73 Å². The monoisotopic (exact) mass is 215 g/mol. The third kappa shape index (κ3) is 1.39. The van der Waals surface area contributed by atoms with Gasteiger partial charge in [-0.25, -0.2) is 4.98 Å². The van der Waals surface area contributed by atoms with E-state index in [4.69, 9.17) is 10.5 Å². The molecule has 0 aliphatic carbocycles. The second-order valence-electron chi connectivity index (χ2n) is 3.95. The van der Waals surface area contributed by atoms with Crippen LogP contribution in [0.3, 0.4) is 0 Å². The molecule has 0 fully saturated rings. The summed E-state index contributed by atoms with van der Waals surface area (Å²) in [6.07, 6.45) is 5.46. The van der Waals surface area contributed by atoms with Crippen molar-refractivity contribution in [3.63, 3.8) is 0 Å². The lowest BCUT2D eigenvalue weighted by atomic mass is 9.97. The summed E-state index contributed by atoms with van der Waals surface area (Å²) in [5, 5.41) is 0. The molecule has 4 heteroatoms. The Kier molecular flexibility index (Phi) is 2.15. The predicted octanol–water partition coefficient (Wildman–Crippen LogP) is 1.52. The van der Waals surface area contributed by atoms with E-state index < -0.39 is 0 Å². The first-order valence-corrected chi connectivity index (χ1v) is 5.31. The molecule has 2 heterocycles. The highest BCUT2D eigenvalue weighted by molar-refractivity contribution is 5.38. The van der Waals surface area contributed by atoms with Crippen LogP contribution < -0.4 is 10.5 Å². The Bertz CT molecular complexity index is 481. The molecule has 2 atom stereocenters. The van der Waals surface area contributed by atoms with Gasteiger partial charge in [-0.1, -0.05) is 18.2 Å². The zero-order valence-corrected chi connectivity index (χ0v) is 8.78. The number of hydrogen-bond donors (Lipinski definition) is 1. The Hall–Kier alpha value is -1.81. The lowest BCUT2D eigenvalue weighted by Crippen LogP contribution is -2.33. The summed E-state index contributed by atoms with van der Waals surface area (Å²) in [7, 11) is 0. The molecule has 82 valence electrons. The standard InChI is InChI=1S/C12H13N3O/c13-12-9-3-1-2-4-11(9)16-7-10(12)15-6-5-14-8-15/h1-6,8,10,12H,7,13H2. The van der Waals surface area contributed by atoms with Gasteiger partial charge in [0.2, 0.25) is 0 Å². The minimum absolute atomic E-state index is 0.0425. The number of benzene rings is 1. The number of aromatic nitrogens is 2. The summed E-state index contributed by atoms with van der Waals surface area (Å²) in [6.45, 7) is 0.592. The molecule has 0 bridgehead atoms. The third-order valence-electron chi connectivity index (χ3n) is 3.01. The van der Waals surface area contributed by atoms with Gasteiger partial charge in [-0.15, -0.1) is 0 Å². The zero-order valence-electron chi connectivity index (χ0n) is 8.78. The van der Waals surface area contributed by atoms with Gasteiger partial charge in [-0.2, -0.15) is 0 Å². The first kappa shape index (κ1) is 9.42. The fourth-order valence-electron chi connectivity index (χ4n) is 2.11. The van der Waals surface area contributed by atoms with Crippen molar-refractivity contribution < 1.29 is 4.74 Å². The second kappa shape index (κ2) is 3.64. The van der Waals surface area contributed by atoms with Crippen LogP contribution in [0.1, 0.15) is 17.6 Å². The van der Waals surface area contributed by atoms with Crippen molar-refractivity contribution >= 4 is 0 Å². The van der Waals surface area contributed by atoms with E-state index in [1.165, 1.54) is 0 Å². The fraction of sp³-hybridized carbons (Fsp3) is 0.250. The molecular formula is C12H13N3O. The van der Waals surface area contributed by atoms with Gasteiger partial charge in [0.05, 0.1) is 18.4 Å². The summed E-state index contributed by atoms with van der Waals surface area (Å²) in [4.78, 5) is 4.04. The zero-order chi connectivity index (χ0) is 11.0. The van der Waals surface area contributed by atoms with E-state index in [2.05, 4.69) is 4.98 Å². The lowest BCUT2D eigenvalue weighted by Gasteiger charge is -2.31. The van der Waals surface area contributed by atoms with Gasteiger partial charge in [0.25, 0.3) is 0 Å². The lowest BCUT2D eigenvalue weighted by molar-refractivity contribution is 0.197. The van der Waals surface area contributed by atoms with E-state index in [0.717, 1.165) is 11.3 Å². The van der Waals surface area contributed by atoms with Crippen LogP contribution in [-0.4, -0.2) is 16.2 Å². The molecule has 0 saturated heterocycles. The number of fused-ring (bicyclic) bond motifs is 1. The number of nitrogens with two attached hydrogens (primary N) is 1. The fourth-order valence-corrected chi connectivity index (χ4v) is 2.11. The van der Waals surface area contributed by atoms with Gasteiger partial charge < -0.3 is 15.0 Å². The molecule has 1 aliphatic rings. The van der Waals surface area contributed by atoms with E-state index in [9.17, 15) is 0 Å². The van der Waals surface area contributed by atoms with Crippen molar-refractivity contribution in [2.45, 2.75) is 12.1 Å². The van der Waals surface area contributed by atoms with Gasteiger partial charge in [-0.3, -0.25) is 0 Å². The van der Waals surface area contributed by atoms with E-state index >= 15 is 0 Å². The molecule has 0 spiro atoms. The largest absolute Gasteiger partial charge is 0.491 e. The highest BCUT2D eigenvalue weighted by Gasteiger charge is 2.28. The number of rotatable bonds is 1. The number of nitrogens with zero attached hydrogens (tertiary/aromatic N) is 2. The number of hydrogen-bond acceptors (Lipinski definition) is 3. The molecule has 1 aromatic carbocycles. The highest BCUT2D eigenvalue weighted by Crippen LogP contribution is 2.35. The molecule has 0 radical (unpaired) electrons. The minimum Gasteiger partial charge on any atom is -0.491 e. The van der Waals surface area contributed by atoms with E-state index in [1.807, 2.05) is 35.0 Å². The van der Waals surface area contributed by atoms with E-state index in [-0.39, 0.29) is 12.1 Å². The normalized spacial score (nSPS) is 23.6. The topological polar surface area (TPSA) is 53.1 Å². The molecule has 0 amide bonds. The maximum absolute atomic E-state index is 6.25. The quantitative estimate of drug-likeness (QED) is 0.784. The van der Waals surface area contributed by atoms with Gasteiger partial charge in [0.1, 0.15) is 12.4 Å². The summed E-state index contributed by atoms with van der Waals surface area (Å²) in [5.74, 6) is 0.895. The Morgan fingerprint density at radius 1 is 1.38 bits per heavy atom. The van der Waals surface area contributed by atoms with Crippen LogP contribution in [0.2, 0.25) is 0 Å². The van der Waals surface area contributed by atoms with Crippen molar-refractivity contribution in [1.82, 2.24) is 9.55 Å². The van der Waals surface area contributed by atoms with Crippen LogP contribution in [0.5, 0.6) is 5.75 Å². The maximum Gasteiger partial charge on any atom is 0.124 e. The maximum atomic E-state index is 6.25. The number of para-hydroxylation sites is 1. The van der Waals surface area contributed by atoms with E-state index in [0.29, 0.717) is 6.61 Å². The first-order chi connectivity index (χ1) is 7.86. The van der Waals surface area contributed by atoms with Crippen molar-refractivity contribution in [3.8, 4) is 5.75 Å². The first-order valence-electron chi connectivity index (χ1n) is 5.31. The molecule has 16 heavy (non-hydrogen) atoms. The summed E-state index contributed by atoms with van der Waals surface area (Å²) < 4.78 is 7.70. The smallest absolute Gasteiger partial charge is 0.124 e. The minimum atomic E-state index is -0.0425. The second-order valence-corrected chi connectivity index (χ2v) is 3.95. The van der Waals surface area contributed by atoms with Gasteiger partial charge in [0, 0.05) is 18.0 Å². The van der Waals surface area contributed by atoms with Crippen molar-refractivity contribution in [1.29, 1.82) is 0 Å². The Morgan fingerprint density at radius 3 is 3.06 bits per heavy atom. The van der Waals surface area contributed by atoms with E-state index in [1.54, 1.807) is 12.5 Å². The summed E-state index contributed by atoms with van der Waals surface area (Å²) >= 11 is 0. The van der Waals surface area contributed by atoms with Crippen molar-refractivity contribution in [2.75, 3.05) is 6.61 Å². The van der Waals surface area contributed by atoms with Crippen LogP contribution >= 0.6 is 0 Å². The van der Waals surface area contributed by atoms with Crippen LogP contribution in [0.25, 0.3) is 0 Å². The molecule has 1 aromatic heterocycles. The number of ether oxygens (including phenoxy) is 1. The number of imidazole rings is 1. The van der Waals surface area contributed by atoms with Crippen LogP contribution in [-0.2, 0) is 0 Å². The average molecular weight is 215 g/mol. The van der Waals surface area contributed by atoms with Crippen LogP contribution in [0, 0.1) is 0 Å². The van der Waals surface area contributed by atoms with Gasteiger partial charge in [0.15, 0.2) is 0 Å². The predicted molar refractivity (Wildman–Crippen MR) is 60.1 cm³/mol. The Morgan fingerprint density at radius 2 is 2.25 bits per heavy atom. The molecule has 1 aliphatic heterocycles. The molecule has 0 saturated carbocycles. The van der Waals surface area contributed by atoms with Gasteiger partial charge in [-0.05, 0) is 6.07 Å². The molecule has 2 N–H and O–H groups in total. The van der Waals surface area contributed by atoms with Crippen LogP contribution in [0.15, 0.2) is 43.0 Å². The van der Waals surface area contributed by atoms with Gasteiger partial charge >= 0.3 is 0 Å². The summed E-state index contributed by atoms with van der Waals surface area (Å²) in [5.41, 5.74) is 7.32. The molecule has 4 nitrogen and oxygen atoms in total. The highest BCUT2D eigenvalue weighted by atomic mass is 16.5. The Balaban J connectivity index is 1.98. The Labute approximate surface area is 93.7 Å². The third-order valence-corrected chi connectivity index (χ3v) is 3.01.